The molecule has 1 fully saturated rings. The first-order chi connectivity index (χ1) is 15.2. The second kappa shape index (κ2) is 10.5. The van der Waals surface area contributed by atoms with Gasteiger partial charge in [0.05, 0.1) is 6.54 Å². The van der Waals surface area contributed by atoms with Crippen molar-refractivity contribution in [1.82, 2.24) is 9.47 Å². The Balaban J connectivity index is 1.53. The fraction of sp³-hybridized carbons (Fsp3) is 0.296. The van der Waals surface area contributed by atoms with Crippen LogP contribution in [0.4, 0.5) is 0 Å². The van der Waals surface area contributed by atoms with E-state index in [1.54, 1.807) is 6.08 Å². The van der Waals surface area contributed by atoms with Crippen LogP contribution in [0.2, 0.25) is 5.02 Å². The number of rotatable bonds is 7. The fourth-order valence-corrected chi connectivity index (χ4v) is 4.57. The van der Waals surface area contributed by atoms with Crippen molar-refractivity contribution in [3.05, 3.63) is 101 Å². The van der Waals surface area contributed by atoms with E-state index in [-0.39, 0.29) is 5.91 Å². The number of halogens is 1. The summed E-state index contributed by atoms with van der Waals surface area (Å²) in [5.41, 5.74) is 3.35. The number of carbonyl (C=O) groups is 1. The van der Waals surface area contributed by atoms with Crippen LogP contribution < -0.4 is 0 Å². The van der Waals surface area contributed by atoms with Gasteiger partial charge < -0.3 is 9.47 Å². The summed E-state index contributed by atoms with van der Waals surface area (Å²) in [6, 6.07) is 22.4. The zero-order valence-corrected chi connectivity index (χ0v) is 18.5. The highest BCUT2D eigenvalue weighted by Gasteiger charge is 2.25. The van der Waals surface area contributed by atoms with Crippen LogP contribution in [0, 0.1) is 0 Å². The molecule has 1 saturated carbocycles. The first-order valence-corrected chi connectivity index (χ1v) is 11.5. The predicted octanol–water partition coefficient (Wildman–Crippen LogP) is 6.56. The third-order valence-electron chi connectivity index (χ3n) is 6.01. The molecule has 0 radical (unpaired) electrons. The molecule has 1 amide bonds. The van der Waals surface area contributed by atoms with Crippen LogP contribution in [0.15, 0.2) is 79.0 Å². The van der Waals surface area contributed by atoms with Gasteiger partial charge in [-0.3, -0.25) is 4.79 Å². The predicted molar refractivity (Wildman–Crippen MR) is 128 cm³/mol. The van der Waals surface area contributed by atoms with Crippen LogP contribution >= 0.6 is 11.6 Å². The molecule has 4 rings (SSSR count). The molecule has 0 spiro atoms. The Morgan fingerprint density at radius 3 is 2.58 bits per heavy atom. The van der Waals surface area contributed by atoms with E-state index in [0.29, 0.717) is 12.6 Å². The van der Waals surface area contributed by atoms with Gasteiger partial charge in [0.15, 0.2) is 0 Å². The minimum absolute atomic E-state index is 0.0891. The van der Waals surface area contributed by atoms with Crippen molar-refractivity contribution in [2.75, 3.05) is 0 Å². The highest BCUT2D eigenvalue weighted by Crippen LogP contribution is 2.25. The SMILES string of the molecule is O=C(C=Cc1ccccc1)N(Cc1cccn1Cc1cccc(Cl)c1)C1CCCCC1. The largest absolute Gasteiger partial charge is 0.345 e. The smallest absolute Gasteiger partial charge is 0.247 e. The van der Waals surface area contributed by atoms with Gasteiger partial charge in [-0.1, -0.05) is 73.3 Å². The van der Waals surface area contributed by atoms with Crippen LogP contribution in [0.5, 0.6) is 0 Å². The molecule has 3 nitrogen and oxygen atoms in total. The molecule has 1 heterocycles. The Kier molecular flexibility index (Phi) is 7.26. The average molecular weight is 433 g/mol. The van der Waals surface area contributed by atoms with Gasteiger partial charge in [0.2, 0.25) is 5.91 Å². The molecule has 1 aliphatic carbocycles. The van der Waals surface area contributed by atoms with Gasteiger partial charge in [-0.15, -0.1) is 0 Å². The van der Waals surface area contributed by atoms with Gasteiger partial charge in [0, 0.05) is 35.6 Å². The second-order valence-corrected chi connectivity index (χ2v) is 8.70. The van der Waals surface area contributed by atoms with Crippen LogP contribution in [-0.4, -0.2) is 21.4 Å². The molecular formula is C27H29ClN2O. The third kappa shape index (κ3) is 5.89. The van der Waals surface area contributed by atoms with E-state index in [9.17, 15) is 4.79 Å². The molecule has 2 aromatic carbocycles. The zero-order valence-electron chi connectivity index (χ0n) is 17.8. The van der Waals surface area contributed by atoms with Crippen molar-refractivity contribution >= 4 is 23.6 Å². The Labute approximate surface area is 190 Å². The van der Waals surface area contributed by atoms with E-state index in [2.05, 4.69) is 33.9 Å². The van der Waals surface area contributed by atoms with Gasteiger partial charge in [-0.25, -0.2) is 0 Å². The topological polar surface area (TPSA) is 25.2 Å². The molecule has 1 aliphatic rings. The van der Waals surface area contributed by atoms with Crippen molar-refractivity contribution in [2.24, 2.45) is 0 Å². The molecule has 3 aromatic rings. The van der Waals surface area contributed by atoms with E-state index in [1.807, 2.05) is 54.6 Å². The van der Waals surface area contributed by atoms with E-state index < -0.39 is 0 Å². The molecule has 31 heavy (non-hydrogen) atoms. The Morgan fingerprint density at radius 1 is 1.00 bits per heavy atom. The zero-order chi connectivity index (χ0) is 21.5. The number of carbonyl (C=O) groups excluding carboxylic acids is 1. The lowest BCUT2D eigenvalue weighted by Crippen LogP contribution is -2.40. The first kappa shape index (κ1) is 21.5. The maximum absolute atomic E-state index is 13.3. The van der Waals surface area contributed by atoms with E-state index >= 15 is 0 Å². The summed E-state index contributed by atoms with van der Waals surface area (Å²) in [7, 11) is 0. The number of benzene rings is 2. The van der Waals surface area contributed by atoms with Gasteiger partial charge in [0.1, 0.15) is 0 Å². The third-order valence-corrected chi connectivity index (χ3v) is 6.25. The highest BCUT2D eigenvalue weighted by molar-refractivity contribution is 6.30. The van der Waals surface area contributed by atoms with Gasteiger partial charge in [-0.2, -0.15) is 0 Å². The lowest BCUT2D eigenvalue weighted by atomic mass is 9.94. The first-order valence-electron chi connectivity index (χ1n) is 11.1. The van der Waals surface area contributed by atoms with Crippen LogP contribution in [0.25, 0.3) is 6.08 Å². The number of hydrogen-bond donors (Lipinski definition) is 0. The Morgan fingerprint density at radius 2 is 1.81 bits per heavy atom. The molecule has 160 valence electrons. The standard InChI is InChI=1S/C27H29ClN2O/c28-24-12-7-11-23(19-24)20-29-18-8-15-26(29)21-30(25-13-5-2-6-14-25)27(31)17-16-22-9-3-1-4-10-22/h1,3-4,7-12,15-19,25H,2,5-6,13-14,20-21H2. The molecule has 0 aliphatic heterocycles. The van der Waals surface area contributed by atoms with Crippen LogP contribution in [0.1, 0.15) is 48.9 Å². The number of hydrogen-bond acceptors (Lipinski definition) is 1. The molecular weight excluding hydrogens is 404 g/mol. The van der Waals surface area contributed by atoms with Gasteiger partial charge >= 0.3 is 0 Å². The van der Waals surface area contributed by atoms with E-state index in [0.717, 1.165) is 41.2 Å². The number of nitrogens with zero attached hydrogens (tertiary/aromatic N) is 2. The summed E-state index contributed by atoms with van der Waals surface area (Å²) >= 11 is 6.17. The molecule has 4 heteroatoms. The van der Waals surface area contributed by atoms with Gasteiger partial charge in [0.25, 0.3) is 0 Å². The summed E-state index contributed by atoms with van der Waals surface area (Å²) < 4.78 is 2.22. The fourth-order valence-electron chi connectivity index (χ4n) is 4.36. The quantitative estimate of drug-likeness (QED) is 0.388. The van der Waals surface area contributed by atoms with E-state index in [4.69, 9.17) is 11.6 Å². The molecule has 1 aromatic heterocycles. The summed E-state index contributed by atoms with van der Waals surface area (Å²) in [4.78, 5) is 15.3. The monoisotopic (exact) mass is 432 g/mol. The summed E-state index contributed by atoms with van der Waals surface area (Å²) in [6.45, 7) is 1.37. The van der Waals surface area contributed by atoms with Crippen molar-refractivity contribution in [3.63, 3.8) is 0 Å². The lowest BCUT2D eigenvalue weighted by Gasteiger charge is -2.34. The molecule has 0 N–H and O–H groups in total. The summed E-state index contributed by atoms with van der Waals surface area (Å²) in [6.07, 6.45) is 11.6. The van der Waals surface area contributed by atoms with Crippen molar-refractivity contribution in [1.29, 1.82) is 0 Å². The normalized spacial score (nSPS) is 14.7. The van der Waals surface area contributed by atoms with Crippen LogP contribution in [0.3, 0.4) is 0 Å². The minimum Gasteiger partial charge on any atom is -0.345 e. The van der Waals surface area contributed by atoms with Crippen molar-refractivity contribution < 1.29 is 4.79 Å². The van der Waals surface area contributed by atoms with Gasteiger partial charge in [-0.05, 0) is 54.3 Å². The van der Waals surface area contributed by atoms with Crippen molar-refractivity contribution in [3.8, 4) is 0 Å². The Bertz CT molecular complexity index is 1020. The molecule has 0 bridgehead atoms. The van der Waals surface area contributed by atoms with Crippen molar-refractivity contribution in [2.45, 2.75) is 51.2 Å². The summed E-state index contributed by atoms with van der Waals surface area (Å²) in [5, 5.41) is 0.747. The summed E-state index contributed by atoms with van der Waals surface area (Å²) in [5.74, 6) is 0.0891. The molecule has 0 atom stereocenters. The maximum Gasteiger partial charge on any atom is 0.247 e. The van der Waals surface area contributed by atoms with E-state index in [1.165, 1.54) is 19.3 Å². The Hall–Kier alpha value is -2.78. The van der Waals surface area contributed by atoms with Crippen LogP contribution in [-0.2, 0) is 17.9 Å². The minimum atomic E-state index is 0.0891. The number of amides is 1. The lowest BCUT2D eigenvalue weighted by molar-refractivity contribution is -0.129. The maximum atomic E-state index is 13.3. The second-order valence-electron chi connectivity index (χ2n) is 8.26. The number of aromatic nitrogens is 1. The average Bonchev–Trinajstić information content (AvgIpc) is 3.23. The molecule has 0 unspecified atom stereocenters. The highest BCUT2D eigenvalue weighted by atomic mass is 35.5. The molecule has 0 saturated heterocycles.